The average Bonchev–Trinajstić information content (AvgIpc) is 3.21. The van der Waals surface area contributed by atoms with Gasteiger partial charge in [0, 0.05) is 28.9 Å². The minimum Gasteiger partial charge on any atom is -0.320 e. The fraction of sp³-hybridized carbons (Fsp3) is 0.0952. The highest BCUT2D eigenvalue weighted by Gasteiger charge is 2.22. The first-order valence-electron chi connectivity index (χ1n) is 9.29. The third kappa shape index (κ3) is 5.05. The Kier molecular flexibility index (Phi) is 6.95. The molecule has 0 atom stereocenters. The van der Waals surface area contributed by atoms with Crippen molar-refractivity contribution in [1.82, 2.24) is 25.0 Å². The number of benzene rings is 2. The minimum absolute atomic E-state index is 0.163. The second-order valence-corrected chi connectivity index (χ2v) is 8.80. The summed E-state index contributed by atoms with van der Waals surface area (Å²) in [6.07, 6.45) is 3.31. The third-order valence-corrected chi connectivity index (χ3v) is 6.47. The van der Waals surface area contributed by atoms with Gasteiger partial charge in [-0.05, 0) is 48.9 Å². The van der Waals surface area contributed by atoms with Crippen LogP contribution in [0.4, 0.5) is 5.69 Å². The molecule has 0 radical (unpaired) electrons. The number of nitrogens with zero attached hydrogens (tertiary/aromatic N) is 5. The standard InChI is InChI=1S/C21H15Cl3N6OS/c1-12-3-5-14(10-16(12)23)30-18(11-32-21-25-7-2-8-26-21)19(28-29-30)20(31)27-13-4-6-15(22)17(24)9-13/h2-10H,11H2,1H3,(H,27,31). The molecule has 4 rings (SSSR count). The van der Waals surface area contributed by atoms with Gasteiger partial charge in [0.15, 0.2) is 10.9 Å². The maximum absolute atomic E-state index is 13.0. The van der Waals surface area contributed by atoms with Gasteiger partial charge in [0.25, 0.3) is 5.91 Å². The van der Waals surface area contributed by atoms with Gasteiger partial charge in [-0.1, -0.05) is 57.8 Å². The van der Waals surface area contributed by atoms with E-state index in [0.29, 0.717) is 43.0 Å². The van der Waals surface area contributed by atoms with Gasteiger partial charge in [-0.3, -0.25) is 4.79 Å². The predicted octanol–water partition coefficient (Wildman–Crippen LogP) is 5.87. The number of hydrogen-bond acceptors (Lipinski definition) is 6. The number of aryl methyl sites for hydroxylation is 1. The molecule has 0 bridgehead atoms. The number of halogens is 3. The van der Waals surface area contributed by atoms with E-state index in [2.05, 4.69) is 25.6 Å². The Balaban J connectivity index is 1.68. The first kappa shape index (κ1) is 22.5. The number of nitrogens with one attached hydrogen (secondary N) is 1. The summed E-state index contributed by atoms with van der Waals surface area (Å²) >= 11 is 19.7. The molecule has 0 saturated carbocycles. The zero-order valence-corrected chi connectivity index (χ0v) is 19.7. The lowest BCUT2D eigenvalue weighted by molar-refractivity contribution is 0.102. The number of amides is 1. The van der Waals surface area contributed by atoms with Gasteiger partial charge in [0.05, 0.1) is 21.4 Å². The van der Waals surface area contributed by atoms with Crippen molar-refractivity contribution in [3.63, 3.8) is 0 Å². The smallest absolute Gasteiger partial charge is 0.278 e. The molecule has 2 heterocycles. The molecule has 32 heavy (non-hydrogen) atoms. The number of rotatable bonds is 6. The average molecular weight is 506 g/mol. The van der Waals surface area contributed by atoms with Crippen molar-refractivity contribution < 1.29 is 4.79 Å². The van der Waals surface area contributed by atoms with Crippen LogP contribution in [0.25, 0.3) is 5.69 Å². The Morgan fingerprint density at radius 2 is 1.81 bits per heavy atom. The summed E-state index contributed by atoms with van der Waals surface area (Å²) in [5.74, 6) is -0.0791. The molecule has 7 nitrogen and oxygen atoms in total. The molecular weight excluding hydrogens is 491 g/mol. The lowest BCUT2D eigenvalue weighted by Crippen LogP contribution is -2.15. The van der Waals surface area contributed by atoms with E-state index in [-0.39, 0.29) is 5.69 Å². The van der Waals surface area contributed by atoms with Crippen molar-refractivity contribution in [3.8, 4) is 5.69 Å². The largest absolute Gasteiger partial charge is 0.320 e. The van der Waals surface area contributed by atoms with Crippen molar-refractivity contribution in [2.45, 2.75) is 17.8 Å². The molecule has 4 aromatic rings. The number of carbonyl (C=O) groups is 1. The lowest BCUT2D eigenvalue weighted by Gasteiger charge is -2.10. The maximum atomic E-state index is 13.0. The molecule has 0 aliphatic rings. The molecule has 0 aliphatic carbocycles. The summed E-state index contributed by atoms with van der Waals surface area (Å²) in [6.45, 7) is 1.91. The first-order valence-corrected chi connectivity index (χ1v) is 11.4. The highest BCUT2D eigenvalue weighted by Crippen LogP contribution is 2.27. The monoisotopic (exact) mass is 504 g/mol. The van der Waals surface area contributed by atoms with E-state index in [4.69, 9.17) is 34.8 Å². The molecule has 11 heteroatoms. The summed E-state index contributed by atoms with van der Waals surface area (Å²) in [4.78, 5) is 21.5. The fourth-order valence-electron chi connectivity index (χ4n) is 2.79. The summed E-state index contributed by atoms with van der Waals surface area (Å²) in [5.41, 5.74) is 2.84. The van der Waals surface area contributed by atoms with Crippen molar-refractivity contribution in [2.24, 2.45) is 0 Å². The Labute approximate surface area is 203 Å². The van der Waals surface area contributed by atoms with E-state index < -0.39 is 5.91 Å². The van der Waals surface area contributed by atoms with Crippen LogP contribution in [0.2, 0.25) is 15.1 Å². The molecule has 0 saturated heterocycles. The SMILES string of the molecule is Cc1ccc(-n2nnc(C(=O)Nc3ccc(Cl)c(Cl)c3)c2CSc2ncccn2)cc1Cl. The van der Waals surface area contributed by atoms with Crippen molar-refractivity contribution >= 4 is 58.2 Å². The maximum Gasteiger partial charge on any atom is 0.278 e. The molecule has 0 unspecified atom stereocenters. The second kappa shape index (κ2) is 9.87. The zero-order chi connectivity index (χ0) is 22.7. The molecule has 2 aromatic carbocycles. The Morgan fingerprint density at radius 1 is 1.03 bits per heavy atom. The van der Waals surface area contributed by atoms with Crippen LogP contribution in [-0.2, 0) is 5.75 Å². The first-order chi connectivity index (χ1) is 15.4. The molecule has 0 spiro atoms. The van der Waals surface area contributed by atoms with Gasteiger partial charge in [0.1, 0.15) is 0 Å². The van der Waals surface area contributed by atoms with Gasteiger partial charge in [0.2, 0.25) is 0 Å². The Morgan fingerprint density at radius 3 is 2.53 bits per heavy atom. The molecule has 1 amide bonds. The molecular formula is C21H15Cl3N6OS. The predicted molar refractivity (Wildman–Crippen MR) is 127 cm³/mol. The minimum atomic E-state index is -0.433. The topological polar surface area (TPSA) is 85.6 Å². The van der Waals surface area contributed by atoms with Crippen molar-refractivity contribution in [1.29, 1.82) is 0 Å². The third-order valence-electron chi connectivity index (χ3n) is 4.44. The van der Waals surface area contributed by atoms with Crippen LogP contribution in [-0.4, -0.2) is 30.9 Å². The zero-order valence-electron chi connectivity index (χ0n) is 16.6. The van der Waals surface area contributed by atoms with E-state index in [1.165, 1.54) is 11.8 Å². The lowest BCUT2D eigenvalue weighted by atomic mass is 10.2. The summed E-state index contributed by atoms with van der Waals surface area (Å²) < 4.78 is 1.59. The highest BCUT2D eigenvalue weighted by molar-refractivity contribution is 7.98. The van der Waals surface area contributed by atoms with Crippen molar-refractivity contribution in [2.75, 3.05) is 5.32 Å². The van der Waals surface area contributed by atoms with Gasteiger partial charge >= 0.3 is 0 Å². The van der Waals surface area contributed by atoms with E-state index in [1.54, 1.807) is 47.4 Å². The summed E-state index contributed by atoms with van der Waals surface area (Å²) in [7, 11) is 0. The molecule has 1 N–H and O–H groups in total. The van der Waals surface area contributed by atoms with Crippen LogP contribution in [0.3, 0.4) is 0 Å². The molecule has 0 fully saturated rings. The van der Waals surface area contributed by atoms with Crippen LogP contribution in [0.1, 0.15) is 21.7 Å². The Bertz CT molecular complexity index is 1280. The van der Waals surface area contributed by atoms with E-state index in [0.717, 1.165) is 5.56 Å². The van der Waals surface area contributed by atoms with Gasteiger partial charge in [-0.15, -0.1) is 5.10 Å². The fourth-order valence-corrected chi connectivity index (χ4v) is 4.05. The number of carbonyl (C=O) groups excluding carboxylic acids is 1. The number of thioether (sulfide) groups is 1. The second-order valence-electron chi connectivity index (χ2n) is 6.63. The summed E-state index contributed by atoms with van der Waals surface area (Å²) in [5, 5.41) is 13.0. The van der Waals surface area contributed by atoms with E-state index in [1.807, 2.05) is 19.1 Å². The summed E-state index contributed by atoms with van der Waals surface area (Å²) in [6, 6.07) is 12.1. The van der Waals surface area contributed by atoms with Crippen LogP contribution in [0.5, 0.6) is 0 Å². The van der Waals surface area contributed by atoms with Gasteiger partial charge in [-0.25, -0.2) is 14.6 Å². The van der Waals surface area contributed by atoms with Crippen LogP contribution in [0.15, 0.2) is 60.0 Å². The highest BCUT2D eigenvalue weighted by atomic mass is 35.5. The van der Waals surface area contributed by atoms with Crippen LogP contribution in [0, 0.1) is 6.92 Å². The van der Waals surface area contributed by atoms with Crippen LogP contribution < -0.4 is 5.32 Å². The number of aromatic nitrogens is 5. The van der Waals surface area contributed by atoms with Gasteiger partial charge < -0.3 is 5.32 Å². The van der Waals surface area contributed by atoms with Gasteiger partial charge in [-0.2, -0.15) is 0 Å². The van der Waals surface area contributed by atoms with E-state index in [9.17, 15) is 4.79 Å². The van der Waals surface area contributed by atoms with Crippen LogP contribution >= 0.6 is 46.6 Å². The normalized spacial score (nSPS) is 10.9. The quantitative estimate of drug-likeness (QED) is 0.260. The number of hydrogen-bond donors (Lipinski definition) is 1. The Hall–Kier alpha value is -2.65. The molecule has 2 aromatic heterocycles. The van der Waals surface area contributed by atoms with E-state index >= 15 is 0 Å². The molecule has 162 valence electrons. The van der Waals surface area contributed by atoms with Crippen molar-refractivity contribution in [3.05, 3.63) is 86.9 Å². The molecule has 0 aliphatic heterocycles. The number of anilines is 1.